The average molecular weight is 341 g/mol. The maximum absolute atomic E-state index is 6.03. The zero-order valence-corrected chi connectivity index (χ0v) is 14.8. The SMILES string of the molecule is c1ccc(CN2CCOC[C@@]3(CCCN(Cc4ccco4)C3)C2)nc1. The third-order valence-corrected chi connectivity index (χ3v) is 5.33. The highest BCUT2D eigenvalue weighted by molar-refractivity contribution is 5.04. The molecule has 4 heterocycles. The first-order valence-corrected chi connectivity index (χ1v) is 9.26. The Balaban J connectivity index is 1.43. The molecule has 2 aliphatic rings. The molecule has 0 bridgehead atoms. The van der Waals surface area contributed by atoms with E-state index in [1.54, 1.807) is 6.26 Å². The van der Waals surface area contributed by atoms with Crippen LogP contribution < -0.4 is 0 Å². The van der Waals surface area contributed by atoms with Crippen LogP contribution in [0.2, 0.25) is 0 Å². The highest BCUT2D eigenvalue weighted by atomic mass is 16.5. The van der Waals surface area contributed by atoms with Crippen LogP contribution in [0, 0.1) is 5.41 Å². The molecule has 0 unspecified atom stereocenters. The van der Waals surface area contributed by atoms with Gasteiger partial charge in [0.2, 0.25) is 0 Å². The van der Waals surface area contributed by atoms with Gasteiger partial charge in [0, 0.05) is 37.8 Å². The predicted molar refractivity (Wildman–Crippen MR) is 96.0 cm³/mol. The molecule has 2 saturated heterocycles. The Morgan fingerprint density at radius 3 is 2.76 bits per heavy atom. The van der Waals surface area contributed by atoms with Crippen LogP contribution in [0.4, 0.5) is 0 Å². The smallest absolute Gasteiger partial charge is 0.117 e. The van der Waals surface area contributed by atoms with Crippen LogP contribution in [0.3, 0.4) is 0 Å². The number of hydrogen-bond acceptors (Lipinski definition) is 5. The number of hydrogen-bond donors (Lipinski definition) is 0. The molecule has 1 atom stereocenters. The summed E-state index contributed by atoms with van der Waals surface area (Å²) >= 11 is 0. The average Bonchev–Trinajstić information content (AvgIpc) is 3.05. The largest absolute Gasteiger partial charge is 0.468 e. The van der Waals surface area contributed by atoms with E-state index in [1.165, 1.54) is 12.8 Å². The summed E-state index contributed by atoms with van der Waals surface area (Å²) in [6.45, 7) is 7.76. The van der Waals surface area contributed by atoms with Crippen LogP contribution in [0.25, 0.3) is 0 Å². The highest BCUT2D eigenvalue weighted by Crippen LogP contribution is 2.34. The normalized spacial score (nSPS) is 25.9. The lowest BCUT2D eigenvalue weighted by Gasteiger charge is -2.43. The summed E-state index contributed by atoms with van der Waals surface area (Å²) in [5.74, 6) is 1.05. The second-order valence-corrected chi connectivity index (χ2v) is 7.48. The second-order valence-electron chi connectivity index (χ2n) is 7.48. The van der Waals surface area contributed by atoms with E-state index < -0.39 is 0 Å². The minimum atomic E-state index is 0.218. The van der Waals surface area contributed by atoms with Gasteiger partial charge in [0.25, 0.3) is 0 Å². The molecule has 0 N–H and O–H groups in total. The van der Waals surface area contributed by atoms with Gasteiger partial charge < -0.3 is 9.15 Å². The van der Waals surface area contributed by atoms with E-state index in [0.29, 0.717) is 0 Å². The first-order chi connectivity index (χ1) is 12.3. The standard InChI is InChI=1S/C20H27N3O2/c1-2-8-21-18(5-1)13-23-10-12-24-17-20(16-23)7-4-9-22(15-20)14-19-6-3-11-25-19/h1-3,5-6,8,11H,4,7,9-10,12-17H2/t20-/m1/s1. The maximum Gasteiger partial charge on any atom is 0.117 e. The Morgan fingerprint density at radius 2 is 1.96 bits per heavy atom. The van der Waals surface area contributed by atoms with Crippen LogP contribution in [0.15, 0.2) is 47.2 Å². The van der Waals surface area contributed by atoms with Crippen molar-refractivity contribution in [1.29, 1.82) is 0 Å². The van der Waals surface area contributed by atoms with Crippen molar-refractivity contribution in [3.8, 4) is 0 Å². The summed E-state index contributed by atoms with van der Waals surface area (Å²) in [5, 5.41) is 0. The zero-order valence-electron chi connectivity index (χ0n) is 14.8. The van der Waals surface area contributed by atoms with Crippen molar-refractivity contribution < 1.29 is 9.15 Å². The molecule has 2 aromatic rings. The summed E-state index contributed by atoms with van der Waals surface area (Å²) in [6, 6.07) is 10.2. The number of nitrogens with zero attached hydrogens (tertiary/aromatic N) is 3. The summed E-state index contributed by atoms with van der Waals surface area (Å²) < 4.78 is 11.6. The van der Waals surface area contributed by atoms with Crippen molar-refractivity contribution in [2.24, 2.45) is 5.41 Å². The molecular weight excluding hydrogens is 314 g/mol. The molecule has 0 aliphatic carbocycles. The van der Waals surface area contributed by atoms with Crippen molar-refractivity contribution in [2.45, 2.75) is 25.9 Å². The van der Waals surface area contributed by atoms with Gasteiger partial charge in [0.05, 0.1) is 31.7 Å². The van der Waals surface area contributed by atoms with Gasteiger partial charge >= 0.3 is 0 Å². The van der Waals surface area contributed by atoms with E-state index in [-0.39, 0.29) is 5.41 Å². The Hall–Kier alpha value is -1.69. The van der Waals surface area contributed by atoms with Crippen LogP contribution in [0.5, 0.6) is 0 Å². The molecule has 2 aliphatic heterocycles. The van der Waals surface area contributed by atoms with E-state index in [2.05, 4.69) is 33.0 Å². The molecule has 1 spiro atoms. The van der Waals surface area contributed by atoms with Crippen molar-refractivity contribution >= 4 is 0 Å². The van der Waals surface area contributed by atoms with E-state index in [1.807, 2.05) is 18.3 Å². The third kappa shape index (κ3) is 4.29. The predicted octanol–water partition coefficient (Wildman–Crippen LogP) is 2.79. The van der Waals surface area contributed by atoms with E-state index >= 15 is 0 Å². The van der Waals surface area contributed by atoms with Crippen molar-refractivity contribution in [1.82, 2.24) is 14.8 Å². The number of furan rings is 1. The first-order valence-electron chi connectivity index (χ1n) is 9.26. The van der Waals surface area contributed by atoms with Crippen molar-refractivity contribution in [2.75, 3.05) is 39.4 Å². The van der Waals surface area contributed by atoms with Gasteiger partial charge in [-0.25, -0.2) is 0 Å². The topological polar surface area (TPSA) is 41.7 Å². The summed E-state index contributed by atoms with van der Waals surface area (Å²) in [5.41, 5.74) is 1.36. The highest BCUT2D eigenvalue weighted by Gasteiger charge is 2.39. The molecule has 134 valence electrons. The molecule has 25 heavy (non-hydrogen) atoms. The molecule has 2 aromatic heterocycles. The van der Waals surface area contributed by atoms with E-state index in [9.17, 15) is 0 Å². The van der Waals surface area contributed by atoms with Crippen LogP contribution in [-0.4, -0.2) is 54.2 Å². The first kappa shape index (κ1) is 16.8. The fourth-order valence-corrected chi connectivity index (χ4v) is 4.25. The van der Waals surface area contributed by atoms with Crippen molar-refractivity contribution in [3.63, 3.8) is 0 Å². The summed E-state index contributed by atoms with van der Waals surface area (Å²) in [4.78, 5) is 9.54. The minimum Gasteiger partial charge on any atom is -0.468 e. The van der Waals surface area contributed by atoms with Crippen molar-refractivity contribution in [3.05, 3.63) is 54.2 Å². The molecule has 5 heteroatoms. The van der Waals surface area contributed by atoms with E-state index in [4.69, 9.17) is 9.15 Å². The number of ether oxygens (including phenoxy) is 1. The van der Waals surface area contributed by atoms with Gasteiger partial charge in [-0.1, -0.05) is 6.07 Å². The molecule has 0 amide bonds. The Kier molecular flexibility index (Phi) is 5.15. The lowest BCUT2D eigenvalue weighted by Crippen LogP contribution is -2.50. The number of aromatic nitrogens is 1. The lowest BCUT2D eigenvalue weighted by atomic mass is 9.80. The molecule has 2 fully saturated rings. The maximum atomic E-state index is 6.03. The van der Waals surface area contributed by atoms with Crippen LogP contribution >= 0.6 is 0 Å². The Morgan fingerprint density at radius 1 is 1.04 bits per heavy atom. The lowest BCUT2D eigenvalue weighted by molar-refractivity contribution is 0.000576. The zero-order chi connectivity index (χ0) is 17.0. The number of pyridine rings is 1. The monoisotopic (exact) mass is 341 g/mol. The minimum absolute atomic E-state index is 0.218. The third-order valence-electron chi connectivity index (χ3n) is 5.33. The molecule has 0 aromatic carbocycles. The van der Waals surface area contributed by atoms with Crippen LogP contribution in [-0.2, 0) is 17.8 Å². The fourth-order valence-electron chi connectivity index (χ4n) is 4.25. The van der Waals surface area contributed by atoms with Gasteiger partial charge in [0.1, 0.15) is 5.76 Å². The van der Waals surface area contributed by atoms with Crippen LogP contribution in [0.1, 0.15) is 24.3 Å². The summed E-state index contributed by atoms with van der Waals surface area (Å²) in [6.07, 6.45) is 6.10. The molecule has 0 radical (unpaired) electrons. The molecular formula is C20H27N3O2. The molecule has 5 nitrogen and oxygen atoms in total. The Bertz CT molecular complexity index is 646. The quantitative estimate of drug-likeness (QED) is 0.855. The van der Waals surface area contributed by atoms with Gasteiger partial charge in [0.15, 0.2) is 0 Å². The number of likely N-dealkylation sites (tertiary alicyclic amines) is 1. The number of piperidine rings is 1. The van der Waals surface area contributed by atoms with Gasteiger partial charge in [-0.15, -0.1) is 0 Å². The fraction of sp³-hybridized carbons (Fsp3) is 0.550. The van der Waals surface area contributed by atoms with Gasteiger partial charge in [-0.05, 0) is 43.7 Å². The molecule has 4 rings (SSSR count). The second kappa shape index (κ2) is 7.68. The summed E-state index contributed by atoms with van der Waals surface area (Å²) in [7, 11) is 0. The Labute approximate surface area is 149 Å². The van der Waals surface area contributed by atoms with Gasteiger partial charge in [-0.3, -0.25) is 14.8 Å². The number of rotatable bonds is 4. The van der Waals surface area contributed by atoms with E-state index in [0.717, 1.165) is 63.9 Å². The molecule has 0 saturated carbocycles. The van der Waals surface area contributed by atoms with Gasteiger partial charge in [-0.2, -0.15) is 0 Å².